The Morgan fingerprint density at radius 1 is 1.30 bits per heavy atom. The molecule has 20 heavy (non-hydrogen) atoms. The molecule has 0 saturated heterocycles. The first-order valence-corrected chi connectivity index (χ1v) is 6.62. The summed E-state index contributed by atoms with van der Waals surface area (Å²) in [6.07, 6.45) is 0.0357. The Morgan fingerprint density at radius 3 is 2.35 bits per heavy atom. The number of carbonyl (C=O) groups excluding carboxylic acids is 1. The maximum Gasteiger partial charge on any atom is 0.322 e. The standard InChI is InChI=1S/C11H12F4N2O2S/c1-2-19-11(18)5(16)3-4-20-8-6(12)9(14)17-10(15)7(8)13/h5H,2-4,16H2,1H3. The predicted molar refractivity (Wildman–Crippen MR) is 64.0 cm³/mol. The van der Waals surface area contributed by atoms with Crippen molar-refractivity contribution in [2.24, 2.45) is 5.73 Å². The van der Waals surface area contributed by atoms with E-state index in [1.165, 1.54) is 0 Å². The van der Waals surface area contributed by atoms with Gasteiger partial charge in [0.15, 0.2) is 11.6 Å². The van der Waals surface area contributed by atoms with Gasteiger partial charge in [-0.3, -0.25) is 4.79 Å². The van der Waals surface area contributed by atoms with Crippen LogP contribution in [0.1, 0.15) is 13.3 Å². The van der Waals surface area contributed by atoms with Gasteiger partial charge in [0.2, 0.25) is 0 Å². The van der Waals surface area contributed by atoms with Gasteiger partial charge in [0.1, 0.15) is 6.04 Å². The summed E-state index contributed by atoms with van der Waals surface area (Å²) in [5.74, 6) is -7.25. The highest BCUT2D eigenvalue weighted by molar-refractivity contribution is 7.99. The minimum absolute atomic E-state index is 0.0171. The largest absolute Gasteiger partial charge is 0.465 e. The quantitative estimate of drug-likeness (QED) is 0.377. The summed E-state index contributed by atoms with van der Waals surface area (Å²) in [4.78, 5) is 12.8. The second-order valence-electron chi connectivity index (χ2n) is 3.65. The minimum Gasteiger partial charge on any atom is -0.465 e. The smallest absolute Gasteiger partial charge is 0.322 e. The number of halogens is 4. The molecule has 1 aromatic rings. The van der Waals surface area contributed by atoms with E-state index in [9.17, 15) is 22.4 Å². The van der Waals surface area contributed by atoms with Crippen molar-refractivity contribution in [3.05, 3.63) is 23.5 Å². The highest BCUT2D eigenvalue weighted by atomic mass is 32.2. The van der Waals surface area contributed by atoms with Crippen LogP contribution in [0.2, 0.25) is 0 Å². The van der Waals surface area contributed by atoms with Crippen LogP contribution in [0.5, 0.6) is 0 Å². The van der Waals surface area contributed by atoms with Crippen LogP contribution in [-0.4, -0.2) is 29.4 Å². The Hall–Kier alpha value is -1.35. The van der Waals surface area contributed by atoms with Gasteiger partial charge in [0.05, 0.1) is 11.5 Å². The Bertz CT molecular complexity index is 476. The van der Waals surface area contributed by atoms with Crippen LogP contribution in [0.4, 0.5) is 17.6 Å². The molecule has 0 aromatic carbocycles. The van der Waals surface area contributed by atoms with Crippen LogP contribution in [0.15, 0.2) is 4.90 Å². The Morgan fingerprint density at radius 2 is 1.85 bits per heavy atom. The molecule has 1 aromatic heterocycles. The summed E-state index contributed by atoms with van der Waals surface area (Å²) in [5.41, 5.74) is 5.47. The van der Waals surface area contributed by atoms with Gasteiger partial charge in [0.25, 0.3) is 11.9 Å². The Labute approximate surface area is 116 Å². The van der Waals surface area contributed by atoms with Gasteiger partial charge in [-0.1, -0.05) is 0 Å². The van der Waals surface area contributed by atoms with Gasteiger partial charge in [-0.15, -0.1) is 11.8 Å². The molecule has 1 heterocycles. The third-order valence-electron chi connectivity index (χ3n) is 2.22. The van der Waals surface area contributed by atoms with Crippen LogP contribution in [0.25, 0.3) is 0 Å². The van der Waals surface area contributed by atoms with Crippen molar-refractivity contribution in [1.29, 1.82) is 0 Å². The highest BCUT2D eigenvalue weighted by Gasteiger charge is 2.22. The molecule has 0 radical (unpaired) electrons. The van der Waals surface area contributed by atoms with Crippen molar-refractivity contribution in [3.63, 3.8) is 0 Å². The fraction of sp³-hybridized carbons (Fsp3) is 0.455. The molecule has 0 spiro atoms. The molecule has 0 aliphatic heterocycles. The van der Waals surface area contributed by atoms with Gasteiger partial charge in [-0.2, -0.15) is 13.8 Å². The number of pyridine rings is 1. The number of nitrogens with zero attached hydrogens (tertiary/aromatic N) is 1. The molecule has 4 nitrogen and oxygen atoms in total. The van der Waals surface area contributed by atoms with Crippen LogP contribution < -0.4 is 5.73 Å². The maximum absolute atomic E-state index is 13.3. The van der Waals surface area contributed by atoms with Gasteiger partial charge >= 0.3 is 5.97 Å². The zero-order valence-corrected chi connectivity index (χ0v) is 11.3. The number of aromatic nitrogens is 1. The second-order valence-corrected chi connectivity index (χ2v) is 4.75. The minimum atomic E-state index is -1.72. The van der Waals surface area contributed by atoms with E-state index in [0.717, 1.165) is 0 Å². The predicted octanol–water partition coefficient (Wildman–Crippen LogP) is 2.01. The third-order valence-corrected chi connectivity index (χ3v) is 3.31. The van der Waals surface area contributed by atoms with E-state index in [2.05, 4.69) is 9.72 Å². The molecule has 0 fully saturated rings. The zero-order valence-electron chi connectivity index (χ0n) is 10.5. The van der Waals surface area contributed by atoms with E-state index in [0.29, 0.717) is 11.8 Å². The maximum atomic E-state index is 13.3. The molecule has 0 aliphatic rings. The van der Waals surface area contributed by atoms with Crippen molar-refractivity contribution in [1.82, 2.24) is 4.98 Å². The number of ether oxygens (including phenoxy) is 1. The van der Waals surface area contributed by atoms with Gasteiger partial charge in [-0.05, 0) is 13.3 Å². The summed E-state index contributed by atoms with van der Waals surface area (Å²) in [7, 11) is 0. The summed E-state index contributed by atoms with van der Waals surface area (Å²) in [5, 5.41) is 0. The molecule has 1 rings (SSSR count). The second kappa shape index (κ2) is 7.44. The van der Waals surface area contributed by atoms with Crippen molar-refractivity contribution in [2.75, 3.05) is 12.4 Å². The number of thioether (sulfide) groups is 1. The molecule has 0 amide bonds. The van der Waals surface area contributed by atoms with Gasteiger partial charge in [-0.25, -0.2) is 8.78 Å². The first kappa shape index (κ1) is 16.7. The van der Waals surface area contributed by atoms with Gasteiger partial charge in [0, 0.05) is 5.75 Å². The lowest BCUT2D eigenvalue weighted by Gasteiger charge is -2.10. The van der Waals surface area contributed by atoms with Crippen molar-refractivity contribution in [2.45, 2.75) is 24.3 Å². The van der Waals surface area contributed by atoms with E-state index < -0.39 is 40.4 Å². The summed E-state index contributed by atoms with van der Waals surface area (Å²) in [6, 6.07) is -0.967. The normalized spacial score (nSPS) is 12.3. The van der Waals surface area contributed by atoms with E-state index in [-0.39, 0.29) is 18.8 Å². The summed E-state index contributed by atoms with van der Waals surface area (Å²) < 4.78 is 56.8. The van der Waals surface area contributed by atoms with E-state index in [4.69, 9.17) is 5.73 Å². The van der Waals surface area contributed by atoms with Crippen molar-refractivity contribution < 1.29 is 27.1 Å². The molecule has 0 saturated carbocycles. The lowest BCUT2D eigenvalue weighted by Crippen LogP contribution is -2.32. The van der Waals surface area contributed by atoms with Crippen LogP contribution >= 0.6 is 11.8 Å². The lowest BCUT2D eigenvalue weighted by molar-refractivity contribution is -0.144. The van der Waals surface area contributed by atoms with Gasteiger partial charge < -0.3 is 10.5 Å². The summed E-state index contributed by atoms with van der Waals surface area (Å²) in [6.45, 7) is 1.76. The van der Waals surface area contributed by atoms with E-state index in [1.807, 2.05) is 0 Å². The van der Waals surface area contributed by atoms with E-state index >= 15 is 0 Å². The summed E-state index contributed by atoms with van der Waals surface area (Å²) >= 11 is 0.508. The van der Waals surface area contributed by atoms with Crippen LogP contribution in [0.3, 0.4) is 0 Å². The fourth-order valence-electron chi connectivity index (χ4n) is 1.25. The lowest BCUT2D eigenvalue weighted by atomic mass is 10.2. The Balaban J connectivity index is 2.65. The molecule has 1 unspecified atom stereocenters. The van der Waals surface area contributed by atoms with Crippen molar-refractivity contribution in [3.8, 4) is 0 Å². The molecule has 0 bridgehead atoms. The topological polar surface area (TPSA) is 65.2 Å². The molecule has 0 aliphatic carbocycles. The number of hydrogen-bond acceptors (Lipinski definition) is 5. The first-order valence-electron chi connectivity index (χ1n) is 5.63. The zero-order chi connectivity index (χ0) is 15.3. The average molecular weight is 312 g/mol. The molecule has 112 valence electrons. The number of hydrogen-bond donors (Lipinski definition) is 1. The third kappa shape index (κ3) is 4.07. The van der Waals surface area contributed by atoms with E-state index in [1.54, 1.807) is 6.92 Å². The highest BCUT2D eigenvalue weighted by Crippen LogP contribution is 2.28. The fourth-order valence-corrected chi connectivity index (χ4v) is 2.25. The van der Waals surface area contributed by atoms with Crippen LogP contribution in [0, 0.1) is 23.5 Å². The molecular formula is C11H12F4N2O2S. The number of esters is 1. The van der Waals surface area contributed by atoms with Crippen molar-refractivity contribution >= 4 is 17.7 Å². The number of rotatable bonds is 6. The molecular weight excluding hydrogens is 300 g/mol. The number of nitrogens with two attached hydrogens (primary N) is 1. The Kier molecular flexibility index (Phi) is 6.21. The number of carbonyl (C=O) groups is 1. The first-order chi connectivity index (χ1) is 9.38. The van der Waals surface area contributed by atoms with Crippen LogP contribution in [-0.2, 0) is 9.53 Å². The monoisotopic (exact) mass is 312 g/mol. The molecule has 9 heteroatoms. The SMILES string of the molecule is CCOC(=O)C(N)CCSc1c(F)c(F)nc(F)c1F. The molecule has 1 atom stereocenters. The molecule has 2 N–H and O–H groups in total. The average Bonchev–Trinajstić information content (AvgIpc) is 2.40.